The van der Waals surface area contributed by atoms with Crippen molar-refractivity contribution in [3.05, 3.63) is 18.0 Å². The summed E-state index contributed by atoms with van der Waals surface area (Å²) in [6.07, 6.45) is 8.53. The van der Waals surface area contributed by atoms with Crippen molar-refractivity contribution in [1.29, 1.82) is 0 Å². The van der Waals surface area contributed by atoms with Crippen LogP contribution >= 0.6 is 0 Å². The molecule has 0 atom stereocenters. The highest BCUT2D eigenvalue weighted by molar-refractivity contribution is 5.25. The molecule has 0 spiro atoms. The molecule has 0 bridgehead atoms. The van der Waals surface area contributed by atoms with Crippen molar-refractivity contribution in [2.24, 2.45) is 5.41 Å². The summed E-state index contributed by atoms with van der Waals surface area (Å²) >= 11 is 0. The smallest absolute Gasteiger partial charge is 0.222 e. The molecule has 2 rings (SSSR count). The molecule has 0 saturated heterocycles. The van der Waals surface area contributed by atoms with E-state index in [-0.39, 0.29) is 0 Å². The number of nitrogens with one attached hydrogen (secondary N) is 1. The second-order valence-corrected chi connectivity index (χ2v) is 4.94. The van der Waals surface area contributed by atoms with Crippen LogP contribution in [0, 0.1) is 12.3 Å². The van der Waals surface area contributed by atoms with Gasteiger partial charge in [-0.05, 0) is 37.7 Å². The molecule has 16 heavy (non-hydrogen) atoms. The van der Waals surface area contributed by atoms with E-state index in [9.17, 15) is 0 Å². The van der Waals surface area contributed by atoms with Crippen molar-refractivity contribution in [2.75, 3.05) is 11.9 Å². The summed E-state index contributed by atoms with van der Waals surface area (Å²) in [5.41, 5.74) is 1.52. The van der Waals surface area contributed by atoms with Gasteiger partial charge in [0.2, 0.25) is 5.95 Å². The van der Waals surface area contributed by atoms with E-state index < -0.39 is 0 Å². The topological polar surface area (TPSA) is 37.8 Å². The van der Waals surface area contributed by atoms with Crippen LogP contribution in [0.25, 0.3) is 0 Å². The Bertz CT molecular complexity index is 343. The number of rotatable bonds is 4. The Kier molecular flexibility index (Phi) is 3.42. The summed E-state index contributed by atoms with van der Waals surface area (Å²) in [4.78, 5) is 8.62. The van der Waals surface area contributed by atoms with E-state index in [0.717, 1.165) is 18.2 Å². The van der Waals surface area contributed by atoms with Gasteiger partial charge in [0.25, 0.3) is 0 Å². The molecule has 0 radical (unpaired) electrons. The maximum Gasteiger partial charge on any atom is 0.222 e. The van der Waals surface area contributed by atoms with Crippen LogP contribution < -0.4 is 5.32 Å². The molecule has 1 aliphatic carbocycles. The van der Waals surface area contributed by atoms with E-state index in [2.05, 4.69) is 22.2 Å². The first kappa shape index (κ1) is 11.4. The first-order valence-electron chi connectivity index (χ1n) is 6.28. The van der Waals surface area contributed by atoms with Crippen LogP contribution in [-0.2, 0) is 0 Å². The summed E-state index contributed by atoms with van der Waals surface area (Å²) in [7, 11) is 0. The lowest BCUT2D eigenvalue weighted by molar-refractivity contribution is 0.306. The zero-order valence-electron chi connectivity index (χ0n) is 10.3. The molecule has 0 amide bonds. The van der Waals surface area contributed by atoms with E-state index in [1.807, 2.05) is 19.2 Å². The average Bonchev–Trinajstić information content (AvgIpc) is 2.76. The van der Waals surface area contributed by atoms with Gasteiger partial charge < -0.3 is 5.32 Å². The van der Waals surface area contributed by atoms with Crippen molar-refractivity contribution in [3.63, 3.8) is 0 Å². The van der Waals surface area contributed by atoms with E-state index in [4.69, 9.17) is 0 Å². The third kappa shape index (κ3) is 2.52. The highest BCUT2D eigenvalue weighted by atomic mass is 15.1. The Hall–Kier alpha value is -1.12. The molecule has 1 fully saturated rings. The van der Waals surface area contributed by atoms with Crippen LogP contribution in [0.2, 0.25) is 0 Å². The maximum atomic E-state index is 4.38. The molecule has 1 saturated carbocycles. The number of nitrogens with zero attached hydrogens (tertiary/aromatic N) is 2. The van der Waals surface area contributed by atoms with Gasteiger partial charge in [-0.1, -0.05) is 19.8 Å². The van der Waals surface area contributed by atoms with E-state index in [1.165, 1.54) is 32.1 Å². The van der Waals surface area contributed by atoms with Gasteiger partial charge in [-0.15, -0.1) is 0 Å². The second kappa shape index (κ2) is 4.81. The van der Waals surface area contributed by atoms with Crippen molar-refractivity contribution in [3.8, 4) is 0 Å². The predicted octanol–water partition coefficient (Wildman–Crippen LogP) is 3.17. The number of aromatic nitrogens is 2. The Labute approximate surface area is 97.7 Å². The van der Waals surface area contributed by atoms with Gasteiger partial charge in [0.05, 0.1) is 0 Å². The molecular weight excluding hydrogens is 198 g/mol. The normalized spacial score (nSPS) is 18.6. The molecule has 1 aromatic heterocycles. The largest absolute Gasteiger partial charge is 0.354 e. The van der Waals surface area contributed by atoms with Crippen LogP contribution in [-0.4, -0.2) is 16.5 Å². The SMILES string of the molecule is CCC1(CNc2nccc(C)n2)CCCC1. The van der Waals surface area contributed by atoms with Gasteiger partial charge in [0.1, 0.15) is 0 Å². The fourth-order valence-corrected chi connectivity index (χ4v) is 2.58. The fraction of sp³-hybridized carbons (Fsp3) is 0.692. The van der Waals surface area contributed by atoms with Crippen LogP contribution in [0.1, 0.15) is 44.7 Å². The standard InChI is InChI=1S/C13H21N3/c1-3-13(7-4-5-8-13)10-15-12-14-9-6-11(2)16-12/h6,9H,3-5,7-8,10H2,1-2H3,(H,14,15,16). The molecule has 1 heterocycles. The minimum atomic E-state index is 0.493. The minimum Gasteiger partial charge on any atom is -0.354 e. The van der Waals surface area contributed by atoms with Crippen LogP contribution in [0.15, 0.2) is 12.3 Å². The van der Waals surface area contributed by atoms with Gasteiger partial charge in [-0.25, -0.2) is 9.97 Å². The average molecular weight is 219 g/mol. The monoisotopic (exact) mass is 219 g/mol. The molecule has 3 heteroatoms. The molecule has 0 aromatic carbocycles. The lowest BCUT2D eigenvalue weighted by Gasteiger charge is -2.27. The van der Waals surface area contributed by atoms with Crippen molar-refractivity contribution < 1.29 is 0 Å². The highest BCUT2D eigenvalue weighted by Crippen LogP contribution is 2.40. The molecule has 1 N–H and O–H groups in total. The number of aryl methyl sites for hydroxylation is 1. The quantitative estimate of drug-likeness (QED) is 0.845. The van der Waals surface area contributed by atoms with E-state index in [0.29, 0.717) is 5.41 Å². The number of hydrogen-bond acceptors (Lipinski definition) is 3. The summed E-state index contributed by atoms with van der Waals surface area (Å²) < 4.78 is 0. The molecule has 0 unspecified atom stereocenters. The number of hydrogen-bond donors (Lipinski definition) is 1. The molecule has 88 valence electrons. The molecule has 0 aliphatic heterocycles. The van der Waals surface area contributed by atoms with Crippen molar-refractivity contribution in [2.45, 2.75) is 46.0 Å². The predicted molar refractivity (Wildman–Crippen MR) is 66.5 cm³/mol. The lowest BCUT2D eigenvalue weighted by Crippen LogP contribution is -2.26. The fourth-order valence-electron chi connectivity index (χ4n) is 2.58. The van der Waals surface area contributed by atoms with Gasteiger partial charge in [-0.3, -0.25) is 0 Å². The molecular formula is C13H21N3. The Morgan fingerprint density at radius 2 is 2.12 bits per heavy atom. The van der Waals surface area contributed by atoms with Crippen molar-refractivity contribution in [1.82, 2.24) is 9.97 Å². The van der Waals surface area contributed by atoms with Gasteiger partial charge in [0, 0.05) is 18.4 Å². The minimum absolute atomic E-state index is 0.493. The zero-order valence-corrected chi connectivity index (χ0v) is 10.3. The lowest BCUT2D eigenvalue weighted by atomic mass is 9.83. The Morgan fingerprint density at radius 1 is 1.38 bits per heavy atom. The molecule has 3 nitrogen and oxygen atoms in total. The highest BCUT2D eigenvalue weighted by Gasteiger charge is 2.31. The van der Waals surface area contributed by atoms with Crippen LogP contribution in [0.5, 0.6) is 0 Å². The van der Waals surface area contributed by atoms with Gasteiger partial charge in [-0.2, -0.15) is 0 Å². The van der Waals surface area contributed by atoms with Crippen LogP contribution in [0.3, 0.4) is 0 Å². The third-order valence-electron chi connectivity index (χ3n) is 3.83. The first-order chi connectivity index (χ1) is 7.74. The zero-order chi connectivity index (χ0) is 11.4. The van der Waals surface area contributed by atoms with Gasteiger partial charge in [0.15, 0.2) is 0 Å². The Morgan fingerprint density at radius 3 is 2.75 bits per heavy atom. The first-order valence-corrected chi connectivity index (χ1v) is 6.28. The summed E-state index contributed by atoms with van der Waals surface area (Å²) in [5.74, 6) is 0.778. The number of anilines is 1. The van der Waals surface area contributed by atoms with Gasteiger partial charge >= 0.3 is 0 Å². The van der Waals surface area contributed by atoms with E-state index >= 15 is 0 Å². The summed E-state index contributed by atoms with van der Waals surface area (Å²) in [5, 5.41) is 3.40. The van der Waals surface area contributed by atoms with E-state index in [1.54, 1.807) is 0 Å². The summed E-state index contributed by atoms with van der Waals surface area (Å²) in [6.45, 7) is 5.31. The Balaban J connectivity index is 1.95. The maximum absolute atomic E-state index is 4.38. The molecule has 1 aliphatic rings. The van der Waals surface area contributed by atoms with Crippen LogP contribution in [0.4, 0.5) is 5.95 Å². The second-order valence-electron chi connectivity index (χ2n) is 4.94. The third-order valence-corrected chi connectivity index (χ3v) is 3.83. The van der Waals surface area contributed by atoms with Crippen molar-refractivity contribution >= 4 is 5.95 Å². The summed E-state index contributed by atoms with van der Waals surface area (Å²) in [6, 6.07) is 1.93. The molecule has 1 aromatic rings.